The molecule has 1 aliphatic heterocycles. The normalized spacial score (nSPS) is 18.6. The third-order valence-corrected chi connectivity index (χ3v) is 3.53. The van der Waals surface area contributed by atoms with Crippen LogP contribution in [0, 0.1) is 11.7 Å². The smallest absolute Gasteiger partial charge is 0.131 e. The predicted octanol–water partition coefficient (Wildman–Crippen LogP) is 2.65. The molecular formula is C14H20FNO2. The topological polar surface area (TPSA) is 44.5 Å². The second-order valence-corrected chi connectivity index (χ2v) is 4.75. The SMILES string of the molecule is COc1cccc(F)c1C(N)CC1CCOCC1. The summed E-state index contributed by atoms with van der Waals surface area (Å²) in [5.74, 6) is 0.765. The molecule has 1 heterocycles. The van der Waals surface area contributed by atoms with E-state index < -0.39 is 0 Å². The first-order chi connectivity index (χ1) is 8.72. The van der Waals surface area contributed by atoms with Gasteiger partial charge in [-0.3, -0.25) is 0 Å². The van der Waals surface area contributed by atoms with Gasteiger partial charge >= 0.3 is 0 Å². The number of hydrogen-bond donors (Lipinski definition) is 1. The molecule has 2 N–H and O–H groups in total. The summed E-state index contributed by atoms with van der Waals surface area (Å²) >= 11 is 0. The van der Waals surface area contributed by atoms with E-state index in [0.29, 0.717) is 17.2 Å². The van der Waals surface area contributed by atoms with Crippen LogP contribution in [0.4, 0.5) is 4.39 Å². The van der Waals surface area contributed by atoms with E-state index in [1.54, 1.807) is 19.2 Å². The summed E-state index contributed by atoms with van der Waals surface area (Å²) in [6.45, 7) is 1.57. The lowest BCUT2D eigenvalue weighted by molar-refractivity contribution is 0.0617. The van der Waals surface area contributed by atoms with Gasteiger partial charge in [0.1, 0.15) is 11.6 Å². The Morgan fingerprint density at radius 1 is 1.44 bits per heavy atom. The first-order valence-corrected chi connectivity index (χ1v) is 6.38. The quantitative estimate of drug-likeness (QED) is 0.897. The van der Waals surface area contributed by atoms with Crippen molar-refractivity contribution < 1.29 is 13.9 Å². The second-order valence-electron chi connectivity index (χ2n) is 4.75. The number of nitrogens with two attached hydrogens (primary N) is 1. The van der Waals surface area contributed by atoms with Crippen molar-refractivity contribution in [1.82, 2.24) is 0 Å². The Hall–Kier alpha value is -1.13. The summed E-state index contributed by atoms with van der Waals surface area (Å²) in [4.78, 5) is 0. The van der Waals surface area contributed by atoms with Crippen molar-refractivity contribution in [2.45, 2.75) is 25.3 Å². The van der Waals surface area contributed by atoms with Crippen molar-refractivity contribution >= 4 is 0 Å². The van der Waals surface area contributed by atoms with E-state index in [9.17, 15) is 4.39 Å². The van der Waals surface area contributed by atoms with Crippen LogP contribution in [-0.4, -0.2) is 20.3 Å². The minimum absolute atomic E-state index is 0.283. The van der Waals surface area contributed by atoms with Crippen molar-refractivity contribution in [2.75, 3.05) is 20.3 Å². The molecule has 4 heteroatoms. The lowest BCUT2D eigenvalue weighted by Crippen LogP contribution is -2.22. The monoisotopic (exact) mass is 253 g/mol. The van der Waals surface area contributed by atoms with E-state index in [1.807, 2.05) is 0 Å². The zero-order chi connectivity index (χ0) is 13.0. The Bertz CT molecular complexity index is 391. The van der Waals surface area contributed by atoms with Crippen molar-refractivity contribution in [3.8, 4) is 5.75 Å². The molecule has 1 unspecified atom stereocenters. The molecule has 1 aromatic rings. The highest BCUT2D eigenvalue weighted by Gasteiger charge is 2.22. The maximum absolute atomic E-state index is 13.9. The minimum atomic E-state index is -0.316. The summed E-state index contributed by atoms with van der Waals surface area (Å²) in [7, 11) is 1.54. The largest absolute Gasteiger partial charge is 0.496 e. The Balaban J connectivity index is 2.09. The van der Waals surface area contributed by atoms with Gasteiger partial charge in [0.25, 0.3) is 0 Å². The third-order valence-electron chi connectivity index (χ3n) is 3.53. The average Bonchev–Trinajstić information content (AvgIpc) is 2.39. The van der Waals surface area contributed by atoms with Crippen LogP contribution in [0.25, 0.3) is 0 Å². The molecule has 0 aliphatic carbocycles. The van der Waals surface area contributed by atoms with Gasteiger partial charge in [0.15, 0.2) is 0 Å². The van der Waals surface area contributed by atoms with E-state index >= 15 is 0 Å². The highest BCUT2D eigenvalue weighted by atomic mass is 19.1. The van der Waals surface area contributed by atoms with E-state index in [4.69, 9.17) is 15.2 Å². The molecule has 0 radical (unpaired) electrons. The minimum Gasteiger partial charge on any atom is -0.496 e. The molecule has 1 aromatic carbocycles. The summed E-state index contributed by atoms with van der Waals surface area (Å²) in [5.41, 5.74) is 6.63. The van der Waals surface area contributed by atoms with Gasteiger partial charge in [-0.15, -0.1) is 0 Å². The molecule has 1 saturated heterocycles. The summed E-state index contributed by atoms with van der Waals surface area (Å²) in [6.07, 6.45) is 2.79. The van der Waals surface area contributed by atoms with E-state index in [-0.39, 0.29) is 11.9 Å². The maximum Gasteiger partial charge on any atom is 0.131 e. The highest BCUT2D eigenvalue weighted by Crippen LogP contribution is 2.32. The maximum atomic E-state index is 13.9. The number of ether oxygens (including phenoxy) is 2. The van der Waals surface area contributed by atoms with Gasteiger partial charge < -0.3 is 15.2 Å². The summed E-state index contributed by atoms with van der Waals surface area (Å²) < 4.78 is 24.4. The molecule has 0 saturated carbocycles. The Labute approximate surface area is 107 Å². The van der Waals surface area contributed by atoms with Crippen LogP contribution >= 0.6 is 0 Å². The molecule has 2 rings (SSSR count). The Kier molecular flexibility index (Phi) is 4.55. The number of rotatable bonds is 4. The zero-order valence-corrected chi connectivity index (χ0v) is 10.7. The molecule has 0 amide bonds. The van der Waals surface area contributed by atoms with Crippen LogP contribution in [0.2, 0.25) is 0 Å². The number of benzene rings is 1. The standard InChI is InChI=1S/C14H20FNO2/c1-17-13-4-2-3-11(15)14(13)12(16)9-10-5-7-18-8-6-10/h2-4,10,12H,5-9,16H2,1H3. The van der Waals surface area contributed by atoms with E-state index in [1.165, 1.54) is 6.07 Å². The molecule has 1 atom stereocenters. The van der Waals surface area contributed by atoms with Crippen molar-refractivity contribution in [1.29, 1.82) is 0 Å². The van der Waals surface area contributed by atoms with Crippen LogP contribution in [0.1, 0.15) is 30.9 Å². The van der Waals surface area contributed by atoms with Crippen molar-refractivity contribution in [3.05, 3.63) is 29.6 Å². The van der Waals surface area contributed by atoms with Crippen LogP contribution in [0.5, 0.6) is 5.75 Å². The molecule has 1 fully saturated rings. The molecule has 0 spiro atoms. The number of methoxy groups -OCH3 is 1. The first-order valence-electron chi connectivity index (χ1n) is 6.38. The van der Waals surface area contributed by atoms with Gasteiger partial charge in [-0.1, -0.05) is 6.07 Å². The van der Waals surface area contributed by atoms with Gasteiger partial charge in [-0.05, 0) is 37.3 Å². The van der Waals surface area contributed by atoms with Crippen LogP contribution in [-0.2, 0) is 4.74 Å². The van der Waals surface area contributed by atoms with Gasteiger partial charge in [-0.2, -0.15) is 0 Å². The fourth-order valence-electron chi connectivity index (χ4n) is 2.51. The zero-order valence-electron chi connectivity index (χ0n) is 10.7. The summed E-state index contributed by atoms with van der Waals surface area (Å²) in [5, 5.41) is 0. The Morgan fingerprint density at radius 3 is 2.83 bits per heavy atom. The molecule has 3 nitrogen and oxygen atoms in total. The predicted molar refractivity (Wildman–Crippen MR) is 68.0 cm³/mol. The second kappa shape index (κ2) is 6.16. The van der Waals surface area contributed by atoms with Gasteiger partial charge in [0.2, 0.25) is 0 Å². The summed E-state index contributed by atoms with van der Waals surface area (Å²) in [6, 6.07) is 4.51. The molecule has 0 aromatic heterocycles. The molecular weight excluding hydrogens is 233 g/mol. The van der Waals surface area contributed by atoms with Crippen molar-refractivity contribution in [3.63, 3.8) is 0 Å². The van der Waals surface area contributed by atoms with Crippen LogP contribution in [0.15, 0.2) is 18.2 Å². The lowest BCUT2D eigenvalue weighted by Gasteiger charge is -2.25. The Morgan fingerprint density at radius 2 is 2.17 bits per heavy atom. The fraction of sp³-hybridized carbons (Fsp3) is 0.571. The van der Waals surface area contributed by atoms with E-state index in [0.717, 1.165) is 32.5 Å². The van der Waals surface area contributed by atoms with Crippen molar-refractivity contribution in [2.24, 2.45) is 11.7 Å². The highest BCUT2D eigenvalue weighted by molar-refractivity contribution is 5.37. The number of hydrogen-bond acceptors (Lipinski definition) is 3. The van der Waals surface area contributed by atoms with Gasteiger partial charge in [-0.25, -0.2) is 4.39 Å². The molecule has 18 heavy (non-hydrogen) atoms. The fourth-order valence-corrected chi connectivity index (χ4v) is 2.51. The third kappa shape index (κ3) is 3.00. The molecule has 0 bridgehead atoms. The van der Waals surface area contributed by atoms with Crippen LogP contribution in [0.3, 0.4) is 0 Å². The average molecular weight is 253 g/mol. The first kappa shape index (κ1) is 13.3. The van der Waals surface area contributed by atoms with E-state index in [2.05, 4.69) is 0 Å². The molecule has 1 aliphatic rings. The molecule has 100 valence electrons. The lowest BCUT2D eigenvalue weighted by atomic mass is 9.89. The van der Waals surface area contributed by atoms with Gasteiger partial charge in [0, 0.05) is 24.8 Å². The van der Waals surface area contributed by atoms with Gasteiger partial charge in [0.05, 0.1) is 7.11 Å². The number of halogens is 1. The van der Waals surface area contributed by atoms with Crippen LogP contribution < -0.4 is 10.5 Å².